The first-order valence-corrected chi connectivity index (χ1v) is 5.43. The molecule has 1 unspecified atom stereocenters. The van der Waals surface area contributed by atoms with E-state index in [0.717, 1.165) is 25.1 Å². The second kappa shape index (κ2) is 4.01. The summed E-state index contributed by atoms with van der Waals surface area (Å²) in [4.78, 5) is 0. The van der Waals surface area contributed by atoms with Crippen LogP contribution in [-0.4, -0.2) is 18.1 Å². The van der Waals surface area contributed by atoms with Crippen molar-refractivity contribution >= 4 is 5.69 Å². The van der Waals surface area contributed by atoms with Crippen molar-refractivity contribution in [2.45, 2.75) is 31.8 Å². The van der Waals surface area contributed by atoms with Crippen LogP contribution in [0.15, 0.2) is 18.2 Å². The van der Waals surface area contributed by atoms with Gasteiger partial charge in [-0.2, -0.15) is 0 Å². The first kappa shape index (κ1) is 11.3. The fourth-order valence-corrected chi connectivity index (χ4v) is 2.09. The van der Waals surface area contributed by atoms with Crippen molar-refractivity contribution in [3.05, 3.63) is 29.8 Å². The molecule has 2 nitrogen and oxygen atoms in total. The molecule has 88 valence electrons. The Kier molecular flexibility index (Phi) is 2.84. The zero-order valence-electron chi connectivity index (χ0n) is 9.48. The van der Waals surface area contributed by atoms with E-state index in [1.165, 1.54) is 6.07 Å². The van der Waals surface area contributed by atoms with Gasteiger partial charge in [0.2, 0.25) is 0 Å². The molecule has 0 aliphatic carbocycles. The van der Waals surface area contributed by atoms with Gasteiger partial charge in [-0.3, -0.25) is 0 Å². The van der Waals surface area contributed by atoms with Crippen molar-refractivity contribution in [1.29, 1.82) is 0 Å². The van der Waals surface area contributed by atoms with Crippen LogP contribution >= 0.6 is 0 Å². The Labute approximate surface area is 94.0 Å². The second-order valence-corrected chi connectivity index (χ2v) is 4.93. The van der Waals surface area contributed by atoms with Crippen LogP contribution < -0.4 is 10.6 Å². The summed E-state index contributed by atoms with van der Waals surface area (Å²) in [5.41, 5.74) is 0.297. The number of hydrogen-bond donors (Lipinski definition) is 2. The van der Waals surface area contributed by atoms with E-state index in [-0.39, 0.29) is 17.3 Å². The average molecular weight is 226 g/mol. The molecule has 1 fully saturated rings. The molecule has 0 aromatic heterocycles. The van der Waals surface area contributed by atoms with Gasteiger partial charge in [0.25, 0.3) is 0 Å². The predicted octanol–water partition coefficient (Wildman–Crippen LogP) is 2.52. The van der Waals surface area contributed by atoms with Gasteiger partial charge in [0.15, 0.2) is 0 Å². The van der Waals surface area contributed by atoms with E-state index in [0.29, 0.717) is 0 Å². The highest BCUT2D eigenvalue weighted by atomic mass is 19.1. The first-order chi connectivity index (χ1) is 7.46. The summed E-state index contributed by atoms with van der Waals surface area (Å²) in [5.74, 6) is -0.833. The van der Waals surface area contributed by atoms with Crippen LogP contribution in [0, 0.1) is 11.6 Å². The topological polar surface area (TPSA) is 24.1 Å². The van der Waals surface area contributed by atoms with Crippen LogP contribution in [-0.2, 0) is 0 Å². The summed E-state index contributed by atoms with van der Waals surface area (Å²) < 4.78 is 26.3. The van der Waals surface area contributed by atoms with Crippen molar-refractivity contribution in [3.8, 4) is 0 Å². The fraction of sp³-hybridized carbons (Fsp3) is 0.500. The molecule has 2 N–H and O–H groups in total. The summed E-state index contributed by atoms with van der Waals surface area (Å²) in [6.07, 6.45) is 0.892. The maximum atomic E-state index is 13.4. The third-order valence-electron chi connectivity index (χ3n) is 2.87. The van der Waals surface area contributed by atoms with Crippen LogP contribution in [0.4, 0.5) is 14.5 Å². The van der Waals surface area contributed by atoms with E-state index in [4.69, 9.17) is 0 Å². The van der Waals surface area contributed by atoms with Crippen LogP contribution in [0.1, 0.15) is 20.3 Å². The van der Waals surface area contributed by atoms with Gasteiger partial charge >= 0.3 is 0 Å². The normalized spacial score (nSPS) is 23.4. The zero-order chi connectivity index (χ0) is 11.8. The number of hydrogen-bond acceptors (Lipinski definition) is 2. The lowest BCUT2D eigenvalue weighted by Crippen LogP contribution is -2.31. The quantitative estimate of drug-likeness (QED) is 0.809. The summed E-state index contributed by atoms with van der Waals surface area (Å²) in [6, 6.07) is 3.61. The van der Waals surface area contributed by atoms with Gasteiger partial charge in [0.05, 0.1) is 5.69 Å². The van der Waals surface area contributed by atoms with Gasteiger partial charge in [-0.05, 0) is 38.5 Å². The molecule has 1 heterocycles. The Morgan fingerprint density at radius 1 is 1.38 bits per heavy atom. The van der Waals surface area contributed by atoms with Crippen molar-refractivity contribution in [2.24, 2.45) is 0 Å². The predicted molar refractivity (Wildman–Crippen MR) is 60.5 cm³/mol. The summed E-state index contributed by atoms with van der Waals surface area (Å²) in [6.45, 7) is 4.95. The molecular weight excluding hydrogens is 210 g/mol. The molecule has 1 aliphatic heterocycles. The van der Waals surface area contributed by atoms with E-state index in [1.807, 2.05) is 0 Å². The molecule has 0 saturated carbocycles. The third kappa shape index (κ3) is 2.50. The smallest absolute Gasteiger partial charge is 0.146 e. The summed E-state index contributed by atoms with van der Waals surface area (Å²) in [7, 11) is 0. The van der Waals surface area contributed by atoms with Gasteiger partial charge in [-0.25, -0.2) is 8.78 Å². The lowest BCUT2D eigenvalue weighted by atomic mass is 10.0. The van der Waals surface area contributed by atoms with E-state index < -0.39 is 11.6 Å². The standard InChI is InChI=1S/C12H16F2N2/c1-12(2)6-9(7-15-12)16-11-5-8(13)3-4-10(11)14/h3-5,9,15-16H,6-7H2,1-2H3. The number of halogens is 2. The Bertz CT molecular complexity index is 391. The first-order valence-electron chi connectivity index (χ1n) is 5.43. The SMILES string of the molecule is CC1(C)CC(Nc2cc(F)ccc2F)CN1. The molecule has 4 heteroatoms. The largest absolute Gasteiger partial charge is 0.379 e. The molecule has 1 aromatic rings. The van der Waals surface area contributed by atoms with E-state index in [1.54, 1.807) is 0 Å². The summed E-state index contributed by atoms with van der Waals surface area (Å²) >= 11 is 0. The van der Waals surface area contributed by atoms with E-state index >= 15 is 0 Å². The van der Waals surface area contributed by atoms with Crippen LogP contribution in [0.3, 0.4) is 0 Å². The maximum Gasteiger partial charge on any atom is 0.146 e. The molecule has 1 atom stereocenters. The molecular formula is C12H16F2N2. The molecule has 0 radical (unpaired) electrons. The Balaban J connectivity index is 2.07. The maximum absolute atomic E-state index is 13.4. The lowest BCUT2D eigenvalue weighted by molar-refractivity contribution is 0.457. The minimum Gasteiger partial charge on any atom is -0.379 e. The molecule has 2 rings (SSSR count). The highest BCUT2D eigenvalue weighted by Gasteiger charge is 2.30. The molecule has 0 spiro atoms. The third-order valence-corrected chi connectivity index (χ3v) is 2.87. The fourth-order valence-electron chi connectivity index (χ4n) is 2.09. The Hall–Kier alpha value is -1.16. The summed E-state index contributed by atoms with van der Waals surface area (Å²) in [5, 5.41) is 6.35. The monoisotopic (exact) mass is 226 g/mol. The lowest BCUT2D eigenvalue weighted by Gasteiger charge is -2.18. The van der Waals surface area contributed by atoms with Gasteiger partial charge < -0.3 is 10.6 Å². The van der Waals surface area contributed by atoms with Crippen LogP contribution in [0.2, 0.25) is 0 Å². The van der Waals surface area contributed by atoms with Crippen LogP contribution in [0.5, 0.6) is 0 Å². The average Bonchev–Trinajstić information content (AvgIpc) is 2.52. The number of anilines is 1. The zero-order valence-corrected chi connectivity index (χ0v) is 9.48. The number of rotatable bonds is 2. The van der Waals surface area contributed by atoms with E-state index in [9.17, 15) is 8.78 Å². The van der Waals surface area contributed by atoms with Gasteiger partial charge in [-0.1, -0.05) is 0 Å². The molecule has 0 amide bonds. The van der Waals surface area contributed by atoms with Gasteiger partial charge in [0, 0.05) is 18.1 Å². The Morgan fingerprint density at radius 3 is 2.75 bits per heavy atom. The molecule has 0 bridgehead atoms. The van der Waals surface area contributed by atoms with Crippen molar-refractivity contribution < 1.29 is 8.78 Å². The number of benzene rings is 1. The molecule has 1 saturated heterocycles. The minimum atomic E-state index is -0.422. The van der Waals surface area contributed by atoms with Crippen molar-refractivity contribution in [1.82, 2.24) is 5.32 Å². The molecule has 1 aliphatic rings. The van der Waals surface area contributed by atoms with Crippen molar-refractivity contribution in [2.75, 3.05) is 11.9 Å². The van der Waals surface area contributed by atoms with Gasteiger partial charge in [-0.15, -0.1) is 0 Å². The van der Waals surface area contributed by atoms with E-state index in [2.05, 4.69) is 24.5 Å². The molecule has 16 heavy (non-hydrogen) atoms. The number of nitrogens with one attached hydrogen (secondary N) is 2. The van der Waals surface area contributed by atoms with Crippen LogP contribution in [0.25, 0.3) is 0 Å². The highest BCUT2D eigenvalue weighted by Crippen LogP contribution is 2.23. The highest BCUT2D eigenvalue weighted by molar-refractivity contribution is 5.46. The van der Waals surface area contributed by atoms with Crippen molar-refractivity contribution in [3.63, 3.8) is 0 Å². The second-order valence-electron chi connectivity index (χ2n) is 4.93. The molecule has 1 aromatic carbocycles. The Morgan fingerprint density at radius 2 is 2.12 bits per heavy atom. The minimum absolute atomic E-state index is 0.0570. The van der Waals surface area contributed by atoms with Gasteiger partial charge in [0.1, 0.15) is 11.6 Å².